The lowest BCUT2D eigenvalue weighted by molar-refractivity contribution is -0.384. The first-order chi connectivity index (χ1) is 11.0. The van der Waals surface area contributed by atoms with E-state index in [9.17, 15) is 14.9 Å². The van der Waals surface area contributed by atoms with Gasteiger partial charge in [-0.05, 0) is 37.8 Å². The SMILES string of the molecule is CNC(=O)c1ccc(N(C)C2CC3CCC(C2)N3)c([N+](=O)[O-])c1. The van der Waals surface area contributed by atoms with Crippen LogP contribution in [-0.4, -0.2) is 43.1 Å². The Hall–Kier alpha value is -2.15. The van der Waals surface area contributed by atoms with Crippen LogP contribution in [0.4, 0.5) is 11.4 Å². The van der Waals surface area contributed by atoms with Crippen LogP contribution < -0.4 is 15.5 Å². The molecular weight excluding hydrogens is 296 g/mol. The molecule has 0 radical (unpaired) electrons. The molecule has 2 atom stereocenters. The minimum atomic E-state index is -0.409. The summed E-state index contributed by atoms with van der Waals surface area (Å²) < 4.78 is 0. The summed E-state index contributed by atoms with van der Waals surface area (Å²) in [6.07, 6.45) is 4.38. The molecule has 124 valence electrons. The van der Waals surface area contributed by atoms with Gasteiger partial charge in [-0.1, -0.05) is 0 Å². The zero-order valence-electron chi connectivity index (χ0n) is 13.4. The van der Waals surface area contributed by atoms with Crippen LogP contribution in [0.2, 0.25) is 0 Å². The Morgan fingerprint density at radius 2 is 2.00 bits per heavy atom. The molecule has 1 aromatic rings. The van der Waals surface area contributed by atoms with E-state index in [-0.39, 0.29) is 11.6 Å². The standard InChI is InChI=1S/C16H22N4O3/c1-17-16(21)10-3-6-14(15(7-10)20(22)23)19(2)13-8-11-4-5-12(9-13)18-11/h3,6-7,11-13,18H,4-5,8-9H2,1-2H3,(H,17,21). The number of amides is 1. The molecule has 3 rings (SSSR count). The molecule has 2 aliphatic heterocycles. The molecule has 2 bridgehead atoms. The molecule has 1 aromatic carbocycles. The highest BCUT2D eigenvalue weighted by Gasteiger charge is 2.36. The molecule has 2 unspecified atom stereocenters. The number of piperidine rings is 1. The molecule has 7 heteroatoms. The van der Waals surface area contributed by atoms with Crippen molar-refractivity contribution in [2.75, 3.05) is 19.0 Å². The maximum atomic E-state index is 11.7. The third-order valence-corrected chi connectivity index (χ3v) is 5.04. The second-order valence-corrected chi connectivity index (χ2v) is 6.41. The highest BCUT2D eigenvalue weighted by atomic mass is 16.6. The van der Waals surface area contributed by atoms with Gasteiger partial charge in [0.1, 0.15) is 5.69 Å². The van der Waals surface area contributed by atoms with Gasteiger partial charge in [-0.2, -0.15) is 0 Å². The molecule has 2 heterocycles. The van der Waals surface area contributed by atoms with E-state index >= 15 is 0 Å². The van der Waals surface area contributed by atoms with Gasteiger partial charge in [0.2, 0.25) is 0 Å². The van der Waals surface area contributed by atoms with Gasteiger partial charge in [0.05, 0.1) is 4.92 Å². The van der Waals surface area contributed by atoms with Gasteiger partial charge in [-0.15, -0.1) is 0 Å². The quantitative estimate of drug-likeness (QED) is 0.651. The van der Waals surface area contributed by atoms with Crippen molar-refractivity contribution in [3.63, 3.8) is 0 Å². The number of benzene rings is 1. The van der Waals surface area contributed by atoms with Crippen molar-refractivity contribution < 1.29 is 9.72 Å². The number of nitro benzene ring substituents is 1. The molecule has 2 fully saturated rings. The minimum Gasteiger partial charge on any atom is -0.366 e. The summed E-state index contributed by atoms with van der Waals surface area (Å²) in [7, 11) is 3.43. The molecule has 2 saturated heterocycles. The van der Waals surface area contributed by atoms with E-state index in [1.54, 1.807) is 12.1 Å². The molecule has 0 aromatic heterocycles. The van der Waals surface area contributed by atoms with Crippen LogP contribution in [0.1, 0.15) is 36.0 Å². The Bertz CT molecular complexity index is 622. The minimum absolute atomic E-state index is 0.0144. The number of nitro groups is 1. The van der Waals surface area contributed by atoms with E-state index in [0.717, 1.165) is 12.8 Å². The first-order valence-corrected chi connectivity index (χ1v) is 7.99. The number of hydrogen-bond donors (Lipinski definition) is 2. The van der Waals surface area contributed by atoms with Gasteiger partial charge in [-0.25, -0.2) is 0 Å². The normalized spacial score (nSPS) is 25.9. The fourth-order valence-corrected chi connectivity index (χ4v) is 3.79. The van der Waals surface area contributed by atoms with Crippen LogP contribution >= 0.6 is 0 Å². The van der Waals surface area contributed by atoms with Crippen LogP contribution in [-0.2, 0) is 0 Å². The largest absolute Gasteiger partial charge is 0.366 e. The van der Waals surface area contributed by atoms with Crippen molar-refractivity contribution in [3.05, 3.63) is 33.9 Å². The zero-order valence-corrected chi connectivity index (χ0v) is 13.4. The van der Waals surface area contributed by atoms with Crippen LogP contribution in [0.15, 0.2) is 18.2 Å². The number of nitrogens with one attached hydrogen (secondary N) is 2. The summed E-state index contributed by atoms with van der Waals surface area (Å²) >= 11 is 0. The third-order valence-electron chi connectivity index (χ3n) is 5.04. The average Bonchev–Trinajstić information content (AvgIpc) is 2.90. The van der Waals surface area contributed by atoms with Crippen LogP contribution in [0.25, 0.3) is 0 Å². The predicted octanol–water partition coefficient (Wildman–Crippen LogP) is 1.67. The van der Waals surface area contributed by atoms with Crippen molar-refractivity contribution in [2.45, 2.75) is 43.8 Å². The highest BCUT2D eigenvalue weighted by molar-refractivity contribution is 5.95. The van der Waals surface area contributed by atoms with E-state index < -0.39 is 4.92 Å². The number of fused-ring (bicyclic) bond motifs is 2. The van der Waals surface area contributed by atoms with Crippen molar-refractivity contribution in [3.8, 4) is 0 Å². The summed E-state index contributed by atoms with van der Waals surface area (Å²) in [6, 6.07) is 6.02. The van der Waals surface area contributed by atoms with Gasteiger partial charge in [0, 0.05) is 43.9 Å². The lowest BCUT2D eigenvalue weighted by Gasteiger charge is -2.36. The Labute approximate surface area is 135 Å². The monoisotopic (exact) mass is 318 g/mol. The van der Waals surface area contributed by atoms with E-state index in [2.05, 4.69) is 10.6 Å². The Kier molecular flexibility index (Phi) is 4.21. The predicted molar refractivity (Wildman–Crippen MR) is 87.9 cm³/mol. The summed E-state index contributed by atoms with van der Waals surface area (Å²) in [5, 5.41) is 17.5. The van der Waals surface area contributed by atoms with E-state index in [1.807, 2.05) is 11.9 Å². The Morgan fingerprint density at radius 3 is 2.57 bits per heavy atom. The highest BCUT2D eigenvalue weighted by Crippen LogP contribution is 2.35. The maximum Gasteiger partial charge on any atom is 0.293 e. The van der Waals surface area contributed by atoms with Crippen molar-refractivity contribution >= 4 is 17.3 Å². The lowest BCUT2D eigenvalue weighted by atomic mass is 9.97. The summed E-state index contributed by atoms with van der Waals surface area (Å²) in [6.45, 7) is 0. The molecule has 0 aliphatic carbocycles. The topological polar surface area (TPSA) is 87.5 Å². The molecule has 2 aliphatic rings. The average molecular weight is 318 g/mol. The van der Waals surface area contributed by atoms with E-state index in [1.165, 1.54) is 26.0 Å². The summed E-state index contributed by atoms with van der Waals surface area (Å²) in [4.78, 5) is 24.8. The first-order valence-electron chi connectivity index (χ1n) is 7.99. The van der Waals surface area contributed by atoms with Crippen LogP contribution in [0.5, 0.6) is 0 Å². The first kappa shape index (κ1) is 15.7. The fourth-order valence-electron chi connectivity index (χ4n) is 3.79. The lowest BCUT2D eigenvalue weighted by Crippen LogP contribution is -2.47. The fraction of sp³-hybridized carbons (Fsp3) is 0.562. The van der Waals surface area contributed by atoms with Gasteiger partial charge >= 0.3 is 0 Å². The number of nitrogens with zero attached hydrogens (tertiary/aromatic N) is 2. The van der Waals surface area contributed by atoms with Gasteiger partial charge in [0.25, 0.3) is 11.6 Å². The number of anilines is 1. The molecule has 0 spiro atoms. The molecule has 0 saturated carbocycles. The second-order valence-electron chi connectivity index (χ2n) is 6.41. The number of carbonyl (C=O) groups is 1. The zero-order chi connectivity index (χ0) is 16.6. The smallest absolute Gasteiger partial charge is 0.293 e. The summed E-state index contributed by atoms with van der Waals surface area (Å²) in [5.74, 6) is -0.317. The van der Waals surface area contributed by atoms with E-state index in [4.69, 9.17) is 0 Å². The van der Waals surface area contributed by atoms with Crippen LogP contribution in [0.3, 0.4) is 0 Å². The second kappa shape index (κ2) is 6.16. The van der Waals surface area contributed by atoms with Crippen molar-refractivity contribution in [2.24, 2.45) is 0 Å². The van der Waals surface area contributed by atoms with Crippen molar-refractivity contribution in [1.82, 2.24) is 10.6 Å². The number of carbonyl (C=O) groups excluding carboxylic acids is 1. The molecule has 23 heavy (non-hydrogen) atoms. The maximum absolute atomic E-state index is 11.7. The molecule has 1 amide bonds. The van der Waals surface area contributed by atoms with Crippen molar-refractivity contribution in [1.29, 1.82) is 0 Å². The summed E-state index contributed by atoms with van der Waals surface area (Å²) in [5.41, 5.74) is 0.871. The van der Waals surface area contributed by atoms with Gasteiger partial charge in [0.15, 0.2) is 0 Å². The van der Waals surface area contributed by atoms with Crippen LogP contribution in [0, 0.1) is 10.1 Å². The number of hydrogen-bond acceptors (Lipinski definition) is 5. The van der Waals surface area contributed by atoms with E-state index in [0.29, 0.717) is 29.4 Å². The molecular formula is C16H22N4O3. The Morgan fingerprint density at radius 1 is 1.35 bits per heavy atom. The Balaban J connectivity index is 1.88. The third kappa shape index (κ3) is 3.01. The van der Waals surface area contributed by atoms with Gasteiger partial charge in [-0.3, -0.25) is 14.9 Å². The number of rotatable bonds is 4. The molecule has 7 nitrogen and oxygen atoms in total. The van der Waals surface area contributed by atoms with Gasteiger partial charge < -0.3 is 15.5 Å². The molecule has 2 N–H and O–H groups in total.